The van der Waals surface area contributed by atoms with Gasteiger partial charge in [-0.25, -0.2) is 24.1 Å². The standard InChI is InChI=1S/C10H15N5O10P2/c11-8-5-9(13-2-12-8)15(3-14-5)10-7(17)6(16)4(24-10)1-23-27(21,22)25-26(18,19)20/h2-4,6-7,10,16-17H,1H2,(H,21,22)(H2,11,12,13)(H2,18,19,20)/t4-,6-,7-,10?/m1/s1. The number of rotatable bonds is 6. The topological polar surface area (TPSA) is 233 Å². The number of aromatic nitrogens is 4. The third kappa shape index (κ3) is 4.33. The first-order valence-electron chi connectivity index (χ1n) is 7.17. The molecule has 3 heterocycles. The van der Waals surface area contributed by atoms with Gasteiger partial charge in [0.2, 0.25) is 0 Å². The first-order chi connectivity index (χ1) is 12.5. The van der Waals surface area contributed by atoms with E-state index in [1.165, 1.54) is 10.9 Å². The zero-order valence-electron chi connectivity index (χ0n) is 13.2. The molecule has 1 fully saturated rings. The lowest BCUT2D eigenvalue weighted by molar-refractivity contribution is -0.0503. The number of nitrogens with two attached hydrogens (primary N) is 1. The first-order valence-corrected chi connectivity index (χ1v) is 10.2. The van der Waals surface area contributed by atoms with Crippen LogP contribution in [0.1, 0.15) is 6.23 Å². The molecule has 0 amide bonds. The number of fused-ring (bicyclic) bond motifs is 1. The van der Waals surface area contributed by atoms with Crippen molar-refractivity contribution < 1.29 is 47.6 Å². The van der Waals surface area contributed by atoms with Gasteiger partial charge in [-0.3, -0.25) is 9.09 Å². The Morgan fingerprint density at radius 1 is 1.19 bits per heavy atom. The summed E-state index contributed by atoms with van der Waals surface area (Å²) in [4.78, 5) is 38.1. The average molecular weight is 427 g/mol. The number of hydrogen-bond acceptors (Lipinski definition) is 11. The molecule has 2 unspecified atom stereocenters. The van der Waals surface area contributed by atoms with Gasteiger partial charge in [0.15, 0.2) is 17.7 Å². The Morgan fingerprint density at radius 3 is 2.56 bits per heavy atom. The largest absolute Gasteiger partial charge is 0.481 e. The SMILES string of the molecule is Nc1ncnc2c1ncn2C1O[C@H](COP(=O)(O)OP(=O)(O)O)[C@@H](O)[C@H]1O. The van der Waals surface area contributed by atoms with Crippen molar-refractivity contribution in [1.29, 1.82) is 0 Å². The molecule has 1 aliphatic heterocycles. The molecule has 2 aromatic rings. The highest BCUT2D eigenvalue weighted by Crippen LogP contribution is 2.57. The van der Waals surface area contributed by atoms with Crippen LogP contribution in [0.15, 0.2) is 12.7 Å². The molecular weight excluding hydrogens is 412 g/mol. The van der Waals surface area contributed by atoms with Crippen molar-refractivity contribution in [3.63, 3.8) is 0 Å². The van der Waals surface area contributed by atoms with E-state index in [-0.39, 0.29) is 17.0 Å². The summed E-state index contributed by atoms with van der Waals surface area (Å²) in [6.45, 7) is -0.813. The molecule has 27 heavy (non-hydrogen) atoms. The molecule has 150 valence electrons. The minimum absolute atomic E-state index is 0.0856. The van der Waals surface area contributed by atoms with Crippen molar-refractivity contribution in [3.05, 3.63) is 12.7 Å². The van der Waals surface area contributed by atoms with E-state index in [1.54, 1.807) is 0 Å². The summed E-state index contributed by atoms with van der Waals surface area (Å²) < 4.78 is 36.8. The van der Waals surface area contributed by atoms with Crippen LogP contribution in [-0.4, -0.2) is 69.3 Å². The maximum absolute atomic E-state index is 11.5. The van der Waals surface area contributed by atoms with Crippen LogP contribution < -0.4 is 5.73 Å². The van der Waals surface area contributed by atoms with Crippen LogP contribution in [0.3, 0.4) is 0 Å². The fourth-order valence-electron chi connectivity index (χ4n) is 2.48. The van der Waals surface area contributed by atoms with Crippen LogP contribution in [0.25, 0.3) is 11.2 Å². The van der Waals surface area contributed by atoms with Crippen LogP contribution in [0.5, 0.6) is 0 Å². The fraction of sp³-hybridized carbons (Fsp3) is 0.500. The van der Waals surface area contributed by atoms with Crippen molar-refractivity contribution in [2.45, 2.75) is 24.5 Å². The van der Waals surface area contributed by atoms with E-state index < -0.39 is 46.8 Å². The molecule has 17 heteroatoms. The van der Waals surface area contributed by atoms with Gasteiger partial charge < -0.3 is 35.4 Å². The summed E-state index contributed by atoms with van der Waals surface area (Å²) in [7, 11) is -10.4. The highest BCUT2D eigenvalue weighted by atomic mass is 31.3. The Hall–Kier alpha value is -1.51. The zero-order valence-corrected chi connectivity index (χ0v) is 15.0. The molecule has 5 atom stereocenters. The third-order valence-electron chi connectivity index (χ3n) is 3.61. The summed E-state index contributed by atoms with van der Waals surface area (Å²) in [6, 6.07) is 0. The monoisotopic (exact) mass is 427 g/mol. The van der Waals surface area contributed by atoms with E-state index in [0.29, 0.717) is 0 Å². The number of hydrogen-bond donors (Lipinski definition) is 6. The van der Waals surface area contributed by atoms with E-state index in [1.807, 2.05) is 0 Å². The number of phosphoric ester groups is 1. The Balaban J connectivity index is 1.75. The first kappa shape index (κ1) is 20.2. The van der Waals surface area contributed by atoms with Crippen LogP contribution >= 0.6 is 15.6 Å². The molecule has 1 aliphatic rings. The Morgan fingerprint density at radius 2 is 1.89 bits per heavy atom. The van der Waals surface area contributed by atoms with Crippen molar-refractivity contribution in [1.82, 2.24) is 19.5 Å². The normalized spacial score (nSPS) is 28.5. The van der Waals surface area contributed by atoms with E-state index in [4.69, 9.17) is 20.3 Å². The Kier molecular flexibility index (Phi) is 5.35. The number of phosphoric acid groups is 2. The van der Waals surface area contributed by atoms with Gasteiger partial charge in [0.05, 0.1) is 12.9 Å². The predicted molar refractivity (Wildman–Crippen MR) is 84.6 cm³/mol. The second-order valence-electron chi connectivity index (χ2n) is 5.47. The molecule has 3 rings (SSSR count). The average Bonchev–Trinajstić information content (AvgIpc) is 3.07. The van der Waals surface area contributed by atoms with E-state index in [9.17, 15) is 24.2 Å². The van der Waals surface area contributed by atoms with Crippen LogP contribution in [-0.2, 0) is 22.7 Å². The van der Waals surface area contributed by atoms with Crippen LogP contribution in [0.2, 0.25) is 0 Å². The quantitative estimate of drug-likeness (QED) is 0.281. The van der Waals surface area contributed by atoms with Gasteiger partial charge in [0.1, 0.15) is 30.2 Å². The van der Waals surface area contributed by atoms with Gasteiger partial charge in [-0.1, -0.05) is 0 Å². The number of aliphatic hydroxyl groups excluding tert-OH is 2. The number of aliphatic hydroxyl groups is 2. The van der Waals surface area contributed by atoms with Crippen molar-refractivity contribution in [2.75, 3.05) is 12.3 Å². The molecule has 0 spiro atoms. The van der Waals surface area contributed by atoms with Gasteiger partial charge >= 0.3 is 15.6 Å². The van der Waals surface area contributed by atoms with E-state index in [2.05, 4.69) is 23.8 Å². The second-order valence-corrected chi connectivity index (χ2v) is 8.30. The maximum Gasteiger partial charge on any atom is 0.481 e. The highest BCUT2D eigenvalue weighted by molar-refractivity contribution is 7.60. The lowest BCUT2D eigenvalue weighted by atomic mass is 10.1. The van der Waals surface area contributed by atoms with Crippen LogP contribution in [0.4, 0.5) is 5.82 Å². The summed E-state index contributed by atoms with van der Waals surface area (Å²) in [5.74, 6) is 0.0856. The summed E-state index contributed by atoms with van der Waals surface area (Å²) in [5.41, 5.74) is 6.11. The van der Waals surface area contributed by atoms with Crippen molar-refractivity contribution in [3.8, 4) is 0 Å². The lowest BCUT2D eigenvalue weighted by Gasteiger charge is -2.17. The number of imidazole rings is 1. The van der Waals surface area contributed by atoms with Gasteiger partial charge in [-0.15, -0.1) is 0 Å². The summed E-state index contributed by atoms with van der Waals surface area (Å²) in [6.07, 6.45) is -3.20. The maximum atomic E-state index is 11.5. The second kappa shape index (κ2) is 7.14. The number of nitrogens with zero attached hydrogens (tertiary/aromatic N) is 4. The molecular formula is C10H15N5O10P2. The van der Waals surface area contributed by atoms with Gasteiger partial charge in [-0.2, -0.15) is 4.31 Å². The summed E-state index contributed by atoms with van der Waals surface area (Å²) in [5, 5.41) is 20.3. The highest BCUT2D eigenvalue weighted by Gasteiger charge is 2.46. The molecule has 1 saturated heterocycles. The molecule has 7 N–H and O–H groups in total. The molecule has 0 aliphatic carbocycles. The lowest BCUT2D eigenvalue weighted by Crippen LogP contribution is -2.33. The van der Waals surface area contributed by atoms with Crippen molar-refractivity contribution in [2.24, 2.45) is 0 Å². The van der Waals surface area contributed by atoms with Gasteiger partial charge in [0.25, 0.3) is 0 Å². The van der Waals surface area contributed by atoms with E-state index >= 15 is 0 Å². The van der Waals surface area contributed by atoms with Crippen LogP contribution in [0, 0.1) is 0 Å². The van der Waals surface area contributed by atoms with Gasteiger partial charge in [-0.05, 0) is 0 Å². The Bertz CT molecular complexity index is 932. The third-order valence-corrected chi connectivity index (χ3v) is 5.76. The van der Waals surface area contributed by atoms with Crippen molar-refractivity contribution >= 4 is 32.6 Å². The summed E-state index contributed by atoms with van der Waals surface area (Å²) >= 11 is 0. The number of anilines is 1. The fourth-order valence-corrected chi connectivity index (χ4v) is 4.08. The molecule has 0 radical (unpaired) electrons. The Labute approximate surface area is 150 Å². The molecule has 0 aromatic carbocycles. The smallest absolute Gasteiger partial charge is 0.387 e. The number of ether oxygens (including phenoxy) is 1. The minimum atomic E-state index is -5.29. The number of nitrogen functional groups attached to an aromatic ring is 1. The molecule has 0 saturated carbocycles. The zero-order chi connectivity index (χ0) is 20.0. The predicted octanol–water partition coefficient (Wildman–Crippen LogP) is -1.75. The molecule has 0 bridgehead atoms. The van der Waals surface area contributed by atoms with E-state index in [0.717, 1.165) is 6.33 Å². The molecule has 2 aromatic heterocycles. The van der Waals surface area contributed by atoms with Gasteiger partial charge in [0, 0.05) is 0 Å². The molecule has 15 nitrogen and oxygen atoms in total. The minimum Gasteiger partial charge on any atom is -0.387 e.